The van der Waals surface area contributed by atoms with E-state index in [0.717, 1.165) is 0 Å². The Morgan fingerprint density at radius 2 is 1.65 bits per heavy atom. The minimum atomic E-state index is -3.83. The lowest BCUT2D eigenvalue weighted by Gasteiger charge is -2.25. The lowest BCUT2D eigenvalue weighted by atomic mass is 10.2. The van der Waals surface area contributed by atoms with E-state index in [4.69, 9.17) is 9.47 Å². The minimum absolute atomic E-state index is 0.00406. The van der Waals surface area contributed by atoms with Crippen molar-refractivity contribution in [3.05, 3.63) is 54.6 Å². The third kappa shape index (κ3) is 3.43. The largest absolute Gasteiger partial charge is 0.485 e. The number of fused-ring (bicyclic) bond motifs is 1. The van der Waals surface area contributed by atoms with Gasteiger partial charge in [-0.05, 0) is 24.3 Å². The van der Waals surface area contributed by atoms with Gasteiger partial charge in [-0.3, -0.25) is 10.2 Å². The molecule has 0 saturated heterocycles. The quantitative estimate of drug-likeness (QED) is 0.808. The molecule has 8 heteroatoms. The molecule has 1 heterocycles. The van der Waals surface area contributed by atoms with Crippen LogP contribution in [0.5, 0.6) is 11.5 Å². The standard InChI is InChI=1S/C15H14N2O5S/c18-15(14-10-21-12-8-4-5-9-13(12)22-14)16-17-23(19,20)11-6-2-1-3-7-11/h1-9,14,17H,10H2,(H,16,18)/t14-/m1/s1. The highest BCUT2D eigenvalue weighted by molar-refractivity contribution is 7.89. The van der Waals surface area contributed by atoms with Gasteiger partial charge in [0.2, 0.25) is 6.10 Å². The van der Waals surface area contributed by atoms with Crippen molar-refractivity contribution in [2.75, 3.05) is 6.61 Å². The van der Waals surface area contributed by atoms with Gasteiger partial charge in [0.1, 0.15) is 6.61 Å². The second kappa shape index (κ2) is 6.27. The van der Waals surface area contributed by atoms with E-state index in [1.807, 2.05) is 4.83 Å². The first-order valence-electron chi connectivity index (χ1n) is 6.81. The molecule has 2 N–H and O–H groups in total. The number of hydrazine groups is 1. The van der Waals surface area contributed by atoms with Crippen molar-refractivity contribution in [2.24, 2.45) is 0 Å². The van der Waals surface area contributed by atoms with Crippen LogP contribution in [0.2, 0.25) is 0 Å². The molecule has 2 aromatic carbocycles. The number of amides is 1. The van der Waals surface area contributed by atoms with Gasteiger partial charge in [0.15, 0.2) is 11.5 Å². The van der Waals surface area contributed by atoms with E-state index in [1.165, 1.54) is 12.1 Å². The van der Waals surface area contributed by atoms with Crippen LogP contribution in [-0.4, -0.2) is 27.0 Å². The first-order valence-corrected chi connectivity index (χ1v) is 8.30. The summed E-state index contributed by atoms with van der Waals surface area (Å²) in [6.07, 6.45) is -0.941. The normalized spacial score (nSPS) is 16.6. The first-order chi connectivity index (χ1) is 11.1. The molecular formula is C15H14N2O5S. The van der Waals surface area contributed by atoms with Crippen molar-refractivity contribution in [3.63, 3.8) is 0 Å². The fourth-order valence-electron chi connectivity index (χ4n) is 2.01. The van der Waals surface area contributed by atoms with Gasteiger partial charge in [0, 0.05) is 0 Å². The number of benzene rings is 2. The van der Waals surface area contributed by atoms with Gasteiger partial charge in [0.25, 0.3) is 15.9 Å². The number of carbonyl (C=O) groups is 1. The number of hydrogen-bond acceptors (Lipinski definition) is 5. The molecule has 3 rings (SSSR count). The van der Waals surface area contributed by atoms with Crippen molar-refractivity contribution >= 4 is 15.9 Å². The molecule has 0 fully saturated rings. The van der Waals surface area contributed by atoms with Gasteiger partial charge >= 0.3 is 0 Å². The van der Waals surface area contributed by atoms with Crippen molar-refractivity contribution in [2.45, 2.75) is 11.0 Å². The highest BCUT2D eigenvalue weighted by Gasteiger charge is 2.28. The molecule has 1 amide bonds. The Labute approximate surface area is 133 Å². The lowest BCUT2D eigenvalue weighted by Crippen LogP contribution is -2.50. The summed E-state index contributed by atoms with van der Waals surface area (Å²) in [6.45, 7) is -0.00406. The van der Waals surface area contributed by atoms with E-state index in [9.17, 15) is 13.2 Å². The molecule has 0 aliphatic carbocycles. The van der Waals surface area contributed by atoms with Crippen LogP contribution in [-0.2, 0) is 14.8 Å². The van der Waals surface area contributed by atoms with E-state index < -0.39 is 22.0 Å². The van der Waals surface area contributed by atoms with Gasteiger partial charge in [-0.2, -0.15) is 0 Å². The van der Waals surface area contributed by atoms with Gasteiger partial charge in [-0.1, -0.05) is 30.3 Å². The Hall–Kier alpha value is -2.58. The van der Waals surface area contributed by atoms with Crippen LogP contribution in [0.1, 0.15) is 0 Å². The van der Waals surface area contributed by atoms with E-state index in [2.05, 4.69) is 5.43 Å². The van der Waals surface area contributed by atoms with Crippen LogP contribution < -0.4 is 19.7 Å². The maximum atomic E-state index is 12.0. The van der Waals surface area contributed by atoms with Gasteiger partial charge in [-0.15, -0.1) is 4.83 Å². The average Bonchev–Trinajstić information content (AvgIpc) is 2.60. The van der Waals surface area contributed by atoms with Gasteiger partial charge in [-0.25, -0.2) is 8.42 Å². The third-order valence-corrected chi connectivity index (χ3v) is 4.43. The second-order valence-electron chi connectivity index (χ2n) is 4.77. The number of nitrogens with one attached hydrogen (secondary N) is 2. The fraction of sp³-hybridized carbons (Fsp3) is 0.133. The van der Waals surface area contributed by atoms with E-state index >= 15 is 0 Å². The Morgan fingerprint density at radius 3 is 2.39 bits per heavy atom. The number of hydrogen-bond donors (Lipinski definition) is 2. The summed E-state index contributed by atoms with van der Waals surface area (Å²) in [5.74, 6) is 0.338. The van der Waals surface area contributed by atoms with E-state index in [0.29, 0.717) is 11.5 Å². The second-order valence-corrected chi connectivity index (χ2v) is 6.45. The van der Waals surface area contributed by atoms with Crippen molar-refractivity contribution in [3.8, 4) is 11.5 Å². The predicted octanol–water partition coefficient (Wildman–Crippen LogP) is 0.836. The Kier molecular flexibility index (Phi) is 4.18. The molecule has 1 aliphatic rings. The highest BCUT2D eigenvalue weighted by Crippen LogP contribution is 2.30. The molecule has 1 aliphatic heterocycles. The molecule has 2 aromatic rings. The number of sulfonamides is 1. The average molecular weight is 334 g/mol. The van der Waals surface area contributed by atoms with Gasteiger partial charge < -0.3 is 9.47 Å². The number of carbonyl (C=O) groups excluding carboxylic acids is 1. The van der Waals surface area contributed by atoms with E-state index in [-0.39, 0.29) is 11.5 Å². The van der Waals surface area contributed by atoms with Crippen LogP contribution >= 0.6 is 0 Å². The molecule has 0 radical (unpaired) electrons. The highest BCUT2D eigenvalue weighted by atomic mass is 32.2. The minimum Gasteiger partial charge on any atom is -0.485 e. The number of ether oxygens (including phenoxy) is 2. The zero-order chi connectivity index (χ0) is 16.3. The van der Waals surface area contributed by atoms with Crippen LogP contribution in [0, 0.1) is 0 Å². The number of rotatable bonds is 4. The van der Waals surface area contributed by atoms with Crippen molar-refractivity contribution < 1.29 is 22.7 Å². The molecule has 0 bridgehead atoms. The third-order valence-electron chi connectivity index (χ3n) is 3.16. The Bertz CT molecular complexity index is 808. The van der Waals surface area contributed by atoms with E-state index in [1.54, 1.807) is 42.5 Å². The Morgan fingerprint density at radius 1 is 1.00 bits per heavy atom. The molecule has 120 valence electrons. The molecule has 0 spiro atoms. The van der Waals surface area contributed by atoms with Crippen LogP contribution in [0.3, 0.4) is 0 Å². The molecule has 0 aromatic heterocycles. The first kappa shape index (κ1) is 15.3. The molecule has 0 saturated carbocycles. The van der Waals surface area contributed by atoms with Gasteiger partial charge in [0.05, 0.1) is 4.90 Å². The molecule has 0 unspecified atom stereocenters. The molecule has 23 heavy (non-hydrogen) atoms. The topological polar surface area (TPSA) is 93.7 Å². The zero-order valence-corrected chi connectivity index (χ0v) is 12.7. The maximum Gasteiger partial charge on any atom is 0.279 e. The summed E-state index contributed by atoms with van der Waals surface area (Å²) in [7, 11) is -3.83. The smallest absolute Gasteiger partial charge is 0.279 e. The summed E-state index contributed by atoms with van der Waals surface area (Å²) in [5, 5.41) is 0. The summed E-state index contributed by atoms with van der Waals surface area (Å²) < 4.78 is 34.9. The molecule has 1 atom stereocenters. The summed E-state index contributed by atoms with van der Waals surface area (Å²) in [4.78, 5) is 14.1. The number of para-hydroxylation sites is 2. The predicted molar refractivity (Wildman–Crippen MR) is 81.3 cm³/mol. The lowest BCUT2D eigenvalue weighted by molar-refractivity contribution is -0.130. The summed E-state index contributed by atoms with van der Waals surface area (Å²) in [6, 6.07) is 14.6. The van der Waals surface area contributed by atoms with Crippen LogP contribution in [0.25, 0.3) is 0 Å². The van der Waals surface area contributed by atoms with Crippen LogP contribution in [0.4, 0.5) is 0 Å². The van der Waals surface area contributed by atoms with Crippen molar-refractivity contribution in [1.82, 2.24) is 10.3 Å². The zero-order valence-electron chi connectivity index (χ0n) is 11.9. The monoisotopic (exact) mass is 334 g/mol. The molecular weight excluding hydrogens is 320 g/mol. The fourth-order valence-corrected chi connectivity index (χ4v) is 2.87. The molecule has 7 nitrogen and oxygen atoms in total. The SMILES string of the molecule is O=C(NNS(=O)(=O)c1ccccc1)[C@H]1COc2ccccc2O1. The van der Waals surface area contributed by atoms with Crippen LogP contribution in [0.15, 0.2) is 59.5 Å². The Balaban J connectivity index is 1.63. The van der Waals surface area contributed by atoms with Crippen molar-refractivity contribution in [1.29, 1.82) is 0 Å². The summed E-state index contributed by atoms with van der Waals surface area (Å²) in [5.41, 5.74) is 2.14. The maximum absolute atomic E-state index is 12.0. The summed E-state index contributed by atoms with van der Waals surface area (Å²) >= 11 is 0.